The highest BCUT2D eigenvalue weighted by Gasteiger charge is 2.39. The number of carbonyl (C=O) groups is 2. The summed E-state index contributed by atoms with van der Waals surface area (Å²) < 4.78 is 22.4. The van der Waals surface area contributed by atoms with E-state index in [1.807, 2.05) is 60.7 Å². The van der Waals surface area contributed by atoms with Crippen molar-refractivity contribution in [1.82, 2.24) is 31.0 Å². The van der Waals surface area contributed by atoms with Crippen LogP contribution in [0.4, 0.5) is 12.0 Å². The van der Waals surface area contributed by atoms with E-state index in [1.165, 1.54) is 25.0 Å². The molecule has 14 heteroatoms. The van der Waals surface area contributed by atoms with Crippen LogP contribution in [-0.2, 0) is 35.9 Å². The van der Waals surface area contributed by atoms with Gasteiger partial charge >= 0.3 is 12.0 Å². The van der Waals surface area contributed by atoms with E-state index in [1.54, 1.807) is 0 Å². The molecule has 0 unspecified atom stereocenters. The van der Waals surface area contributed by atoms with E-state index >= 15 is 0 Å². The quantitative estimate of drug-likeness (QED) is 0.0844. The fourth-order valence-corrected chi connectivity index (χ4v) is 6.17. The highest BCUT2D eigenvalue weighted by Crippen LogP contribution is 2.42. The molecule has 0 aliphatic heterocycles. The monoisotopic (exact) mass is 756 g/mol. The zero-order valence-electron chi connectivity index (χ0n) is 31.2. The summed E-state index contributed by atoms with van der Waals surface area (Å²) in [5.74, 6) is 3.13. The molecule has 0 bridgehead atoms. The minimum Gasteiger partial charge on any atom is -0.489 e. The summed E-state index contributed by atoms with van der Waals surface area (Å²) in [6, 6.07) is 37.8. The Labute approximate surface area is 324 Å². The summed E-state index contributed by atoms with van der Waals surface area (Å²) >= 11 is 0. The van der Waals surface area contributed by atoms with Crippen LogP contribution in [-0.4, -0.2) is 44.3 Å². The molecule has 2 heterocycles. The Kier molecular flexibility index (Phi) is 12.4. The van der Waals surface area contributed by atoms with Gasteiger partial charge in [0.25, 0.3) is 0 Å². The number of amides is 2. The average Bonchev–Trinajstić information content (AvgIpc) is 4.08. The number of hydrogen-bond donors (Lipinski definition) is 4. The van der Waals surface area contributed by atoms with Crippen LogP contribution in [0.3, 0.4) is 0 Å². The maximum absolute atomic E-state index is 11.0. The predicted octanol–water partition coefficient (Wildman–Crippen LogP) is 6.51. The normalized spacial score (nSPS) is 17.9. The lowest BCUT2D eigenvalue weighted by Crippen LogP contribution is -2.17. The summed E-state index contributed by atoms with van der Waals surface area (Å²) in [7, 11) is 0. The first-order chi connectivity index (χ1) is 27.3. The molecule has 4 atom stereocenters. The third-order valence-corrected chi connectivity index (χ3v) is 9.22. The van der Waals surface area contributed by atoms with Crippen molar-refractivity contribution < 1.29 is 27.9 Å². The van der Waals surface area contributed by atoms with Gasteiger partial charge in [0.15, 0.2) is 0 Å². The summed E-state index contributed by atoms with van der Waals surface area (Å²) in [4.78, 5) is 21.9. The van der Waals surface area contributed by atoms with Crippen LogP contribution in [0.5, 0.6) is 11.5 Å². The van der Waals surface area contributed by atoms with Gasteiger partial charge in [0.1, 0.15) is 24.7 Å². The Hall–Kier alpha value is -6.38. The van der Waals surface area contributed by atoms with E-state index in [-0.39, 0.29) is 23.8 Å². The van der Waals surface area contributed by atoms with Crippen molar-refractivity contribution in [3.05, 3.63) is 143 Å². The molecule has 2 aliphatic rings. The van der Waals surface area contributed by atoms with Crippen LogP contribution in [0.1, 0.15) is 72.6 Å². The Bertz CT molecular complexity index is 2000. The Balaban J connectivity index is 0.000000172. The first-order valence-corrected chi connectivity index (χ1v) is 18.5. The topological polar surface area (TPSA) is 179 Å². The number of rotatable bonds is 16. The van der Waals surface area contributed by atoms with Crippen molar-refractivity contribution in [2.45, 2.75) is 76.9 Å². The lowest BCUT2D eigenvalue weighted by molar-refractivity contribution is -0.115. The fraction of sp³-hybridized carbons (Fsp3) is 0.286. The van der Waals surface area contributed by atoms with Gasteiger partial charge in [-0.3, -0.25) is 20.2 Å². The first kappa shape index (κ1) is 37.9. The van der Waals surface area contributed by atoms with E-state index in [4.69, 9.17) is 18.3 Å². The van der Waals surface area contributed by atoms with Crippen molar-refractivity contribution in [1.29, 1.82) is 0 Å². The Morgan fingerprint density at radius 3 is 1.34 bits per heavy atom. The van der Waals surface area contributed by atoms with Crippen LogP contribution >= 0.6 is 0 Å². The molecule has 6 aromatic rings. The third kappa shape index (κ3) is 11.3. The second kappa shape index (κ2) is 18.3. The fourth-order valence-electron chi connectivity index (χ4n) is 6.17. The lowest BCUT2D eigenvalue weighted by Gasteiger charge is -2.07. The zero-order chi connectivity index (χ0) is 38.7. The number of benzene rings is 4. The van der Waals surface area contributed by atoms with E-state index in [0.717, 1.165) is 35.5 Å². The van der Waals surface area contributed by atoms with Gasteiger partial charge < -0.3 is 28.9 Å². The summed E-state index contributed by atoms with van der Waals surface area (Å²) in [5.41, 5.74) is 4.88. The van der Waals surface area contributed by atoms with Gasteiger partial charge in [-0.15, -0.1) is 10.2 Å². The van der Waals surface area contributed by atoms with Crippen LogP contribution in [0, 0.1) is 0 Å². The maximum Gasteiger partial charge on any atom is 0.322 e. The van der Waals surface area contributed by atoms with E-state index in [0.29, 0.717) is 62.0 Å². The molecule has 0 spiro atoms. The minimum atomic E-state index is -0.235. The summed E-state index contributed by atoms with van der Waals surface area (Å²) in [5, 5.41) is 27.1. The number of nitrogens with one attached hydrogen (secondary N) is 4. The molecule has 14 nitrogen and oxygen atoms in total. The molecule has 2 amide bonds. The number of carbonyl (C=O) groups excluding carboxylic acids is 2. The van der Waals surface area contributed by atoms with Crippen molar-refractivity contribution in [2.75, 3.05) is 10.6 Å². The van der Waals surface area contributed by atoms with Gasteiger partial charge in [-0.1, -0.05) is 95.1 Å². The summed E-state index contributed by atoms with van der Waals surface area (Å²) in [6.45, 7) is 4.89. The minimum absolute atomic E-state index is 0.128. The molecule has 2 aromatic heterocycles. The van der Waals surface area contributed by atoms with Gasteiger partial charge in [-0.2, -0.15) is 0 Å². The van der Waals surface area contributed by atoms with Crippen molar-refractivity contribution >= 4 is 23.8 Å². The SMILES string of the molecule is CC(=O)Nc1nnc(CN[C@@H]2C[C@H]2c2ccc(OCc3ccccc3)cc2)o1.CC(=O)Nc1nnc(CN[C@H]2C[C@@H]2c2ccc(OCc3ccccc3)cc2)o1. The van der Waals surface area contributed by atoms with Gasteiger partial charge in [0.2, 0.25) is 23.6 Å². The third-order valence-electron chi connectivity index (χ3n) is 9.22. The largest absolute Gasteiger partial charge is 0.489 e. The predicted molar refractivity (Wildman–Crippen MR) is 208 cm³/mol. The molecule has 2 aliphatic carbocycles. The smallest absolute Gasteiger partial charge is 0.322 e. The van der Waals surface area contributed by atoms with Crippen molar-refractivity contribution in [2.24, 2.45) is 0 Å². The van der Waals surface area contributed by atoms with E-state index in [2.05, 4.69) is 90.2 Å². The lowest BCUT2D eigenvalue weighted by atomic mass is 10.1. The van der Waals surface area contributed by atoms with Gasteiger partial charge in [-0.05, 0) is 59.4 Å². The van der Waals surface area contributed by atoms with E-state index in [9.17, 15) is 9.59 Å². The Morgan fingerprint density at radius 1 is 0.571 bits per heavy atom. The van der Waals surface area contributed by atoms with E-state index < -0.39 is 0 Å². The van der Waals surface area contributed by atoms with Crippen LogP contribution in [0.15, 0.2) is 118 Å². The molecular formula is C42H44N8O6. The molecule has 2 saturated carbocycles. The first-order valence-electron chi connectivity index (χ1n) is 18.5. The molecule has 56 heavy (non-hydrogen) atoms. The van der Waals surface area contributed by atoms with Crippen LogP contribution in [0.2, 0.25) is 0 Å². The summed E-state index contributed by atoms with van der Waals surface area (Å²) in [6.07, 6.45) is 2.13. The van der Waals surface area contributed by atoms with Crippen LogP contribution in [0.25, 0.3) is 0 Å². The number of hydrogen-bond acceptors (Lipinski definition) is 12. The molecule has 4 N–H and O–H groups in total. The number of anilines is 2. The zero-order valence-corrected chi connectivity index (χ0v) is 31.2. The second-order valence-corrected chi connectivity index (χ2v) is 13.7. The average molecular weight is 757 g/mol. The second-order valence-electron chi connectivity index (χ2n) is 13.7. The van der Waals surface area contributed by atoms with Crippen LogP contribution < -0.4 is 30.7 Å². The van der Waals surface area contributed by atoms with Gasteiger partial charge in [0.05, 0.1) is 13.1 Å². The number of ether oxygens (including phenoxy) is 2. The Morgan fingerprint density at radius 2 is 0.964 bits per heavy atom. The molecule has 2 fully saturated rings. The van der Waals surface area contributed by atoms with Crippen molar-refractivity contribution in [3.8, 4) is 11.5 Å². The maximum atomic E-state index is 11.0. The highest BCUT2D eigenvalue weighted by molar-refractivity contribution is 5.86. The molecule has 4 aromatic carbocycles. The number of aromatic nitrogens is 4. The highest BCUT2D eigenvalue weighted by atomic mass is 16.5. The molecule has 288 valence electrons. The molecule has 8 rings (SSSR count). The number of nitrogens with zero attached hydrogens (tertiary/aromatic N) is 4. The standard InChI is InChI=1S/2C21H22N4O3/c2*1-14(26)23-21-25-24-20(28-21)12-22-19-11-18(19)16-7-9-17(10-8-16)27-13-15-5-3-2-4-6-15/h2*2-10,18-19,22H,11-13H2,1H3,(H,23,25,26)/t2*18-,19+/m10/s1. The molecule has 0 radical (unpaired) electrons. The van der Waals surface area contributed by atoms with Gasteiger partial charge in [-0.25, -0.2) is 0 Å². The molecular weight excluding hydrogens is 713 g/mol. The van der Waals surface area contributed by atoms with Gasteiger partial charge in [0, 0.05) is 37.8 Å². The molecule has 0 saturated heterocycles. The van der Waals surface area contributed by atoms with Crippen molar-refractivity contribution in [3.63, 3.8) is 0 Å².